The average molecular weight is 1040 g/mol. The van der Waals surface area contributed by atoms with E-state index in [1.807, 2.05) is 23.5 Å². The van der Waals surface area contributed by atoms with E-state index >= 15 is 0 Å². The molecule has 2 aliphatic heterocycles. The number of aromatic nitrogens is 4. The first-order valence-corrected chi connectivity index (χ1v) is 28.7. The van der Waals surface area contributed by atoms with E-state index in [4.69, 9.17) is 0 Å². The van der Waals surface area contributed by atoms with Crippen LogP contribution >= 0.6 is 23.5 Å². The summed E-state index contributed by atoms with van der Waals surface area (Å²) in [4.78, 5) is 5.07. The molecule has 0 saturated carbocycles. The molecule has 0 N–H and O–H groups in total. The summed E-state index contributed by atoms with van der Waals surface area (Å²) in [6.45, 7) is 0. The largest absolute Gasteiger partial charge is 0.309 e. The summed E-state index contributed by atoms with van der Waals surface area (Å²) >= 11 is 3.83. The highest BCUT2D eigenvalue weighted by Crippen LogP contribution is 2.63. The maximum absolute atomic E-state index is 2.54. The molecule has 0 atom stereocenters. The molecule has 0 bridgehead atoms. The third-order valence-corrected chi connectivity index (χ3v) is 19.7. The lowest BCUT2D eigenvalue weighted by atomic mass is 9.64. The first-order valence-electron chi connectivity index (χ1n) is 27.1. The Bertz CT molecular complexity index is 4860. The van der Waals surface area contributed by atoms with E-state index in [9.17, 15) is 0 Å². The van der Waals surface area contributed by atoms with Gasteiger partial charge in [-0.05, 0) is 119 Å². The number of benzene rings is 12. The van der Waals surface area contributed by atoms with Gasteiger partial charge in [-0.25, -0.2) is 0 Å². The maximum atomic E-state index is 2.54. The summed E-state index contributed by atoms with van der Waals surface area (Å²) < 4.78 is 9.95. The fourth-order valence-corrected chi connectivity index (χ4v) is 16.7. The molecule has 1 spiro atoms. The molecule has 0 unspecified atom stereocenters. The molecule has 6 heteroatoms. The quantitative estimate of drug-likeness (QED) is 0.175. The van der Waals surface area contributed by atoms with Gasteiger partial charge in [-0.2, -0.15) is 0 Å². The van der Waals surface area contributed by atoms with E-state index in [-0.39, 0.29) is 0 Å². The number of fused-ring (bicyclic) bond motifs is 20. The highest BCUT2D eigenvalue weighted by Gasteiger charge is 2.50. The molecule has 0 fully saturated rings. The van der Waals surface area contributed by atoms with Crippen molar-refractivity contribution in [2.75, 3.05) is 0 Å². The second kappa shape index (κ2) is 16.3. The zero-order valence-electron chi connectivity index (χ0n) is 42.5. The number of hydrogen-bond donors (Lipinski definition) is 0. The molecular weight excluding hydrogens is 997 g/mol. The van der Waals surface area contributed by atoms with Crippen LogP contribution in [-0.4, -0.2) is 18.3 Å². The van der Waals surface area contributed by atoms with Gasteiger partial charge in [-0.1, -0.05) is 193 Å². The van der Waals surface area contributed by atoms with Gasteiger partial charge in [0.1, 0.15) is 0 Å². The molecule has 0 aliphatic carbocycles. The minimum Gasteiger partial charge on any atom is -0.309 e. The lowest BCUT2D eigenvalue weighted by Gasteiger charge is -2.46. The van der Waals surface area contributed by atoms with E-state index in [0.717, 1.165) is 11.4 Å². The van der Waals surface area contributed by atoms with Crippen molar-refractivity contribution < 1.29 is 0 Å². The third-order valence-electron chi connectivity index (χ3n) is 17.3. The van der Waals surface area contributed by atoms with Crippen molar-refractivity contribution in [1.29, 1.82) is 0 Å². The van der Waals surface area contributed by atoms with Gasteiger partial charge in [0.2, 0.25) is 0 Å². The smallest absolute Gasteiger partial charge is 0.0746 e. The summed E-state index contributed by atoms with van der Waals surface area (Å²) in [7, 11) is 0. The van der Waals surface area contributed by atoms with Crippen molar-refractivity contribution in [2.24, 2.45) is 0 Å². The van der Waals surface area contributed by atoms with Crippen LogP contribution in [0.25, 0.3) is 110 Å². The Morgan fingerprint density at radius 2 is 0.519 bits per heavy atom. The topological polar surface area (TPSA) is 19.7 Å². The SMILES string of the molecule is c1ccc2c(c1)Sc1c(-n3c4ccccc4c4cc(-n5c6ccccc6c6ccccc65)ccc43)cccc1C21c2ccccc2Sc2c(-n3c4ccccc4c4cc(-n5c6ccccc6c6ccccc65)ccc43)cccc21. The summed E-state index contributed by atoms with van der Waals surface area (Å²) in [5.74, 6) is 0. The van der Waals surface area contributed by atoms with Gasteiger partial charge in [-0.15, -0.1) is 0 Å². The van der Waals surface area contributed by atoms with E-state index < -0.39 is 5.41 Å². The number of para-hydroxylation sites is 6. The summed E-state index contributed by atoms with van der Waals surface area (Å²) in [5.41, 5.74) is 18.8. The molecule has 4 nitrogen and oxygen atoms in total. The molecule has 79 heavy (non-hydrogen) atoms. The molecule has 0 radical (unpaired) electrons. The molecule has 12 aromatic carbocycles. The van der Waals surface area contributed by atoms with E-state index in [2.05, 4.69) is 285 Å². The Morgan fingerprint density at radius 1 is 0.228 bits per heavy atom. The highest BCUT2D eigenvalue weighted by molar-refractivity contribution is 8.00. The lowest BCUT2D eigenvalue weighted by molar-refractivity contribution is 0.664. The van der Waals surface area contributed by atoms with Gasteiger partial charge in [0.25, 0.3) is 0 Å². The van der Waals surface area contributed by atoms with Crippen LogP contribution in [-0.2, 0) is 5.41 Å². The molecule has 368 valence electrons. The van der Waals surface area contributed by atoms with Crippen LogP contribution in [0.15, 0.2) is 287 Å². The van der Waals surface area contributed by atoms with Crippen molar-refractivity contribution >= 4 is 111 Å². The third kappa shape index (κ3) is 5.81. The van der Waals surface area contributed by atoms with Crippen molar-refractivity contribution in [2.45, 2.75) is 25.0 Å². The Kier molecular flexibility index (Phi) is 8.99. The van der Waals surface area contributed by atoms with Crippen molar-refractivity contribution in [3.63, 3.8) is 0 Å². The molecular formula is C73H44N4S2. The Balaban J connectivity index is 0.875. The predicted molar refractivity (Wildman–Crippen MR) is 330 cm³/mol. The van der Waals surface area contributed by atoms with Gasteiger partial charge in [0, 0.05) is 74.0 Å². The zero-order valence-corrected chi connectivity index (χ0v) is 44.1. The second-order valence-corrected chi connectivity index (χ2v) is 23.2. The van der Waals surface area contributed by atoms with Gasteiger partial charge in [0.15, 0.2) is 0 Å². The molecule has 0 saturated heterocycles. The summed E-state index contributed by atoms with van der Waals surface area (Å²) in [5, 5.41) is 9.97. The Morgan fingerprint density at radius 3 is 0.899 bits per heavy atom. The predicted octanol–water partition coefficient (Wildman–Crippen LogP) is 19.4. The molecule has 6 heterocycles. The first kappa shape index (κ1) is 43.6. The summed E-state index contributed by atoms with van der Waals surface area (Å²) in [6.07, 6.45) is 0. The van der Waals surface area contributed by atoms with Crippen molar-refractivity contribution in [3.05, 3.63) is 289 Å². The molecule has 2 aliphatic rings. The highest BCUT2D eigenvalue weighted by atomic mass is 32.2. The van der Waals surface area contributed by atoms with E-state index in [1.165, 1.54) is 140 Å². The van der Waals surface area contributed by atoms with Crippen LogP contribution in [0.2, 0.25) is 0 Å². The van der Waals surface area contributed by atoms with Gasteiger partial charge in [-0.3, -0.25) is 0 Å². The zero-order chi connectivity index (χ0) is 51.5. The molecule has 0 amide bonds. The van der Waals surface area contributed by atoms with Crippen LogP contribution in [0, 0.1) is 0 Å². The molecule has 18 rings (SSSR count). The van der Waals surface area contributed by atoms with Crippen molar-refractivity contribution in [3.8, 4) is 22.7 Å². The number of hydrogen-bond acceptors (Lipinski definition) is 2. The average Bonchev–Trinajstić information content (AvgIpc) is 4.40. The fraction of sp³-hybridized carbons (Fsp3) is 0.0137. The van der Waals surface area contributed by atoms with Crippen LogP contribution < -0.4 is 0 Å². The minimum absolute atomic E-state index is 0.648. The lowest BCUT2D eigenvalue weighted by Crippen LogP contribution is -2.37. The Labute approximate surface area is 463 Å². The number of nitrogens with zero attached hydrogens (tertiary/aromatic N) is 4. The van der Waals surface area contributed by atoms with Crippen LogP contribution in [0.1, 0.15) is 22.3 Å². The van der Waals surface area contributed by atoms with Crippen LogP contribution in [0.5, 0.6) is 0 Å². The monoisotopic (exact) mass is 1040 g/mol. The minimum atomic E-state index is -0.648. The standard InChI is InChI=1S/C73H44N4S2/c1-9-29-59-47(19-1)48-20-2-10-30-60(48)74(59)45-39-41-65-53(43-45)51-23-5-13-33-63(51)76(65)67-35-17-27-57-71(67)78-69-37-15-7-25-55(69)73(57)56-26-8-16-38-70(56)79-72-58(73)28-18-36-68(72)77-64-34-14-6-24-52(64)54-44-46(40-42-66(54)77)75-61-31-11-3-21-49(61)50-22-4-12-32-62(50)75/h1-44H. The van der Waals surface area contributed by atoms with Gasteiger partial charge >= 0.3 is 0 Å². The Hall–Kier alpha value is -9.46. The fourth-order valence-electron chi connectivity index (χ4n) is 14.1. The normalized spacial score (nSPS) is 13.6. The second-order valence-electron chi connectivity index (χ2n) is 21.1. The maximum Gasteiger partial charge on any atom is 0.0746 e. The van der Waals surface area contributed by atoms with Gasteiger partial charge in [0.05, 0.1) is 60.9 Å². The first-order chi connectivity index (χ1) is 39.2. The molecule has 16 aromatic rings. The van der Waals surface area contributed by atoms with E-state index in [0.29, 0.717) is 0 Å². The van der Waals surface area contributed by atoms with Gasteiger partial charge < -0.3 is 18.3 Å². The number of rotatable bonds is 4. The van der Waals surface area contributed by atoms with Crippen LogP contribution in [0.4, 0.5) is 0 Å². The molecule has 4 aromatic heterocycles. The van der Waals surface area contributed by atoms with Crippen molar-refractivity contribution in [1.82, 2.24) is 18.3 Å². The van der Waals surface area contributed by atoms with E-state index in [1.54, 1.807) is 0 Å². The summed E-state index contributed by atoms with van der Waals surface area (Å²) in [6, 6.07) is 99.9. The van der Waals surface area contributed by atoms with Crippen LogP contribution in [0.3, 0.4) is 0 Å².